The van der Waals surface area contributed by atoms with Crippen LogP contribution in [0.1, 0.15) is 30.7 Å². The van der Waals surface area contributed by atoms with Gasteiger partial charge in [0.1, 0.15) is 4.60 Å². The minimum atomic E-state index is -0.720. The fraction of sp³-hybridized carbons (Fsp3) is 0.429. The quantitative estimate of drug-likeness (QED) is 0.939. The van der Waals surface area contributed by atoms with E-state index in [-0.39, 0.29) is 12.3 Å². The van der Waals surface area contributed by atoms with Gasteiger partial charge in [-0.1, -0.05) is 6.07 Å². The molecular weight excluding hydrogens is 308 g/mol. The van der Waals surface area contributed by atoms with E-state index in [1.807, 2.05) is 23.9 Å². The molecule has 2 aromatic rings. The molecule has 1 atom stereocenters. The molecule has 1 aliphatic carbocycles. The van der Waals surface area contributed by atoms with Crippen LogP contribution in [0.4, 0.5) is 0 Å². The molecule has 1 N–H and O–H groups in total. The Labute approximate surface area is 119 Å². The summed E-state index contributed by atoms with van der Waals surface area (Å²) in [6, 6.07) is 6.15. The number of hydrogen-bond donors (Lipinski definition) is 1. The van der Waals surface area contributed by atoms with Gasteiger partial charge in [-0.25, -0.2) is 0 Å². The van der Waals surface area contributed by atoms with Crippen LogP contribution in [0, 0.1) is 5.92 Å². The second kappa shape index (κ2) is 4.63. The predicted octanol–water partition coefficient (Wildman–Crippen LogP) is 3.30. The van der Waals surface area contributed by atoms with Crippen LogP contribution in [0.25, 0.3) is 10.9 Å². The molecule has 1 aromatic carbocycles. The summed E-state index contributed by atoms with van der Waals surface area (Å²) < 4.78 is 2.64. The second-order valence-corrected chi connectivity index (χ2v) is 5.98. The zero-order chi connectivity index (χ0) is 13.6. The molecule has 0 spiro atoms. The maximum absolute atomic E-state index is 11.0. The fourth-order valence-electron chi connectivity index (χ4n) is 2.71. The van der Waals surface area contributed by atoms with Crippen molar-refractivity contribution in [2.75, 3.05) is 0 Å². The third kappa shape index (κ3) is 2.39. The monoisotopic (exact) mass is 322 g/mol. The van der Waals surface area contributed by atoms with Gasteiger partial charge in [0.05, 0.1) is 11.9 Å². The van der Waals surface area contributed by atoms with Crippen molar-refractivity contribution in [3.05, 3.63) is 28.4 Å². The van der Waals surface area contributed by atoms with Crippen LogP contribution in [0.5, 0.6) is 0 Å². The molecule has 0 amide bonds. The Morgan fingerprint density at radius 3 is 2.95 bits per heavy atom. The number of carboxylic acids is 1. The number of rotatable bonds is 4. The topological polar surface area (TPSA) is 55.1 Å². The van der Waals surface area contributed by atoms with E-state index in [0.717, 1.165) is 33.9 Å². The molecule has 3 rings (SSSR count). The SMILES string of the molecule is Cn1nc(Br)c2cc(C(CC(=O)O)C3CC3)ccc21. The zero-order valence-corrected chi connectivity index (χ0v) is 12.2. The van der Waals surface area contributed by atoms with Crippen molar-refractivity contribution in [3.8, 4) is 0 Å². The minimum absolute atomic E-state index is 0.133. The van der Waals surface area contributed by atoms with Gasteiger partial charge in [-0.2, -0.15) is 5.10 Å². The van der Waals surface area contributed by atoms with Crippen molar-refractivity contribution in [1.82, 2.24) is 9.78 Å². The molecule has 1 aromatic heterocycles. The highest BCUT2D eigenvalue weighted by atomic mass is 79.9. The molecule has 100 valence electrons. The van der Waals surface area contributed by atoms with Gasteiger partial charge < -0.3 is 5.11 Å². The van der Waals surface area contributed by atoms with Gasteiger partial charge in [-0.3, -0.25) is 9.48 Å². The summed E-state index contributed by atoms with van der Waals surface area (Å²) in [5.41, 5.74) is 2.17. The minimum Gasteiger partial charge on any atom is -0.481 e. The van der Waals surface area contributed by atoms with Crippen molar-refractivity contribution in [2.24, 2.45) is 13.0 Å². The first-order valence-corrected chi connectivity index (χ1v) is 7.19. The number of nitrogens with zero attached hydrogens (tertiary/aromatic N) is 2. The fourth-order valence-corrected chi connectivity index (χ4v) is 3.27. The summed E-state index contributed by atoms with van der Waals surface area (Å²) in [4.78, 5) is 11.0. The van der Waals surface area contributed by atoms with Gasteiger partial charge >= 0.3 is 5.97 Å². The highest BCUT2D eigenvalue weighted by molar-refractivity contribution is 9.10. The van der Waals surface area contributed by atoms with Crippen LogP contribution >= 0.6 is 15.9 Å². The molecule has 1 unspecified atom stereocenters. The molecular formula is C14H15BrN2O2. The lowest BCUT2D eigenvalue weighted by Gasteiger charge is -2.14. The lowest BCUT2D eigenvalue weighted by molar-refractivity contribution is -0.137. The van der Waals surface area contributed by atoms with Crippen LogP contribution in [-0.2, 0) is 11.8 Å². The van der Waals surface area contributed by atoms with Gasteiger partial charge in [0.25, 0.3) is 0 Å². The average Bonchev–Trinajstić information content (AvgIpc) is 3.15. The lowest BCUT2D eigenvalue weighted by atomic mass is 9.90. The van der Waals surface area contributed by atoms with E-state index in [1.54, 1.807) is 0 Å². The molecule has 4 nitrogen and oxygen atoms in total. The highest BCUT2D eigenvalue weighted by Gasteiger charge is 2.33. The Kier molecular flexibility index (Phi) is 3.09. The molecule has 5 heteroatoms. The Morgan fingerprint density at radius 2 is 2.32 bits per heavy atom. The van der Waals surface area contributed by atoms with Crippen molar-refractivity contribution < 1.29 is 9.90 Å². The van der Waals surface area contributed by atoms with Crippen LogP contribution < -0.4 is 0 Å². The van der Waals surface area contributed by atoms with E-state index in [2.05, 4.69) is 27.1 Å². The summed E-state index contributed by atoms with van der Waals surface area (Å²) in [7, 11) is 1.91. The first-order chi connectivity index (χ1) is 9.06. The molecule has 1 fully saturated rings. The van der Waals surface area contributed by atoms with E-state index in [4.69, 9.17) is 5.11 Å². The molecule has 19 heavy (non-hydrogen) atoms. The second-order valence-electron chi connectivity index (χ2n) is 5.23. The summed E-state index contributed by atoms with van der Waals surface area (Å²) in [6.07, 6.45) is 2.50. The van der Waals surface area contributed by atoms with Gasteiger partial charge in [0.2, 0.25) is 0 Å². The number of aromatic nitrogens is 2. The first kappa shape index (κ1) is 12.7. The first-order valence-electron chi connectivity index (χ1n) is 6.40. The standard InChI is InChI=1S/C14H15BrN2O2/c1-17-12-5-4-9(6-11(12)14(15)16-17)10(7-13(18)19)8-2-3-8/h4-6,8,10H,2-3,7H2,1H3,(H,18,19). The largest absolute Gasteiger partial charge is 0.481 e. The number of fused-ring (bicyclic) bond motifs is 1. The number of aryl methyl sites for hydroxylation is 1. The van der Waals surface area contributed by atoms with Crippen LogP contribution in [0.3, 0.4) is 0 Å². The van der Waals surface area contributed by atoms with E-state index >= 15 is 0 Å². The Morgan fingerprint density at radius 1 is 1.58 bits per heavy atom. The maximum Gasteiger partial charge on any atom is 0.303 e. The van der Waals surface area contributed by atoms with E-state index in [9.17, 15) is 4.79 Å². The molecule has 0 saturated heterocycles. The number of hydrogen-bond acceptors (Lipinski definition) is 2. The van der Waals surface area contributed by atoms with Gasteiger partial charge in [0.15, 0.2) is 0 Å². The summed E-state index contributed by atoms with van der Waals surface area (Å²) in [5, 5.41) is 14.4. The maximum atomic E-state index is 11.0. The molecule has 1 aliphatic rings. The zero-order valence-electron chi connectivity index (χ0n) is 10.6. The average molecular weight is 323 g/mol. The number of halogens is 1. The van der Waals surface area contributed by atoms with E-state index < -0.39 is 5.97 Å². The Bertz CT molecular complexity index is 646. The van der Waals surface area contributed by atoms with Gasteiger partial charge in [-0.15, -0.1) is 0 Å². The number of carboxylic acid groups (broad SMARTS) is 1. The van der Waals surface area contributed by atoms with Crippen LogP contribution in [0.2, 0.25) is 0 Å². The Balaban J connectivity index is 2.03. The van der Waals surface area contributed by atoms with Crippen molar-refractivity contribution in [3.63, 3.8) is 0 Å². The third-order valence-electron chi connectivity index (χ3n) is 3.84. The smallest absolute Gasteiger partial charge is 0.303 e. The number of benzene rings is 1. The molecule has 1 saturated carbocycles. The van der Waals surface area contributed by atoms with Crippen molar-refractivity contribution in [2.45, 2.75) is 25.2 Å². The highest BCUT2D eigenvalue weighted by Crippen LogP contribution is 2.45. The summed E-state index contributed by atoms with van der Waals surface area (Å²) in [6.45, 7) is 0. The van der Waals surface area contributed by atoms with Crippen LogP contribution in [-0.4, -0.2) is 20.9 Å². The molecule has 0 bridgehead atoms. The molecule has 1 heterocycles. The number of carbonyl (C=O) groups is 1. The van der Waals surface area contributed by atoms with Gasteiger partial charge in [-0.05, 0) is 58.3 Å². The van der Waals surface area contributed by atoms with Crippen LogP contribution in [0.15, 0.2) is 22.8 Å². The van der Waals surface area contributed by atoms with E-state index in [1.165, 1.54) is 0 Å². The summed E-state index contributed by atoms with van der Waals surface area (Å²) in [5.74, 6) is -0.0553. The van der Waals surface area contributed by atoms with Crippen molar-refractivity contribution >= 4 is 32.8 Å². The third-order valence-corrected chi connectivity index (χ3v) is 4.43. The summed E-state index contributed by atoms with van der Waals surface area (Å²) >= 11 is 3.46. The normalized spacial score (nSPS) is 16.7. The Hall–Kier alpha value is -1.36. The lowest BCUT2D eigenvalue weighted by Crippen LogP contribution is -2.08. The molecule has 0 aliphatic heterocycles. The van der Waals surface area contributed by atoms with Crippen molar-refractivity contribution in [1.29, 1.82) is 0 Å². The predicted molar refractivity (Wildman–Crippen MR) is 76.1 cm³/mol. The van der Waals surface area contributed by atoms with E-state index in [0.29, 0.717) is 5.92 Å². The molecule has 0 radical (unpaired) electrons. The van der Waals surface area contributed by atoms with Gasteiger partial charge in [0, 0.05) is 12.4 Å². The number of aliphatic carboxylic acids is 1.